The van der Waals surface area contributed by atoms with Gasteiger partial charge in [-0.1, -0.05) is 38.1 Å². The highest BCUT2D eigenvalue weighted by Gasteiger charge is 2.14. The van der Waals surface area contributed by atoms with Crippen LogP contribution in [0.2, 0.25) is 0 Å². The maximum atomic E-state index is 10.7. The van der Waals surface area contributed by atoms with E-state index in [0.717, 1.165) is 0 Å². The molecule has 0 atom stereocenters. The Morgan fingerprint density at radius 1 is 1.47 bits per heavy atom. The molecule has 0 spiro atoms. The molecular formula is C11H15N3O2S. The Hall–Kier alpha value is -1.56. The summed E-state index contributed by atoms with van der Waals surface area (Å²) < 4.78 is 0. The first-order valence-corrected chi connectivity index (χ1v) is 6.53. The van der Waals surface area contributed by atoms with Gasteiger partial charge in [-0.15, -0.1) is 0 Å². The molecule has 0 aliphatic heterocycles. The molecule has 0 aliphatic carbocycles. The van der Waals surface area contributed by atoms with Gasteiger partial charge in [-0.3, -0.25) is 10.1 Å². The summed E-state index contributed by atoms with van der Waals surface area (Å²) in [5.74, 6) is 0. The van der Waals surface area contributed by atoms with Gasteiger partial charge in [0.05, 0.1) is 10.4 Å². The van der Waals surface area contributed by atoms with Crippen LogP contribution < -0.4 is 0 Å². The van der Waals surface area contributed by atoms with Crippen LogP contribution >= 0.6 is 11.8 Å². The van der Waals surface area contributed by atoms with E-state index in [-0.39, 0.29) is 5.69 Å². The molecule has 1 aromatic carbocycles. The Morgan fingerprint density at radius 3 is 2.65 bits per heavy atom. The molecule has 0 amide bonds. The van der Waals surface area contributed by atoms with Crippen molar-refractivity contribution in [3.63, 3.8) is 0 Å². The van der Waals surface area contributed by atoms with Crippen LogP contribution in [-0.2, 0) is 0 Å². The van der Waals surface area contributed by atoms with Gasteiger partial charge in [-0.05, 0) is 12.3 Å². The van der Waals surface area contributed by atoms with E-state index in [9.17, 15) is 10.1 Å². The Labute approximate surface area is 104 Å². The molecule has 92 valence electrons. The van der Waals surface area contributed by atoms with Crippen LogP contribution in [0.5, 0.6) is 0 Å². The van der Waals surface area contributed by atoms with Gasteiger partial charge in [0.1, 0.15) is 0 Å². The molecule has 1 heterocycles. The quantitative estimate of drug-likeness (QED) is 0.504. The number of nitrogens with one attached hydrogen (secondary N) is 1. The topological polar surface area (TPSA) is 71.8 Å². The van der Waals surface area contributed by atoms with Gasteiger partial charge in [-0.25, -0.2) is 4.98 Å². The minimum atomic E-state index is -0.423. The van der Waals surface area contributed by atoms with Crippen molar-refractivity contribution in [2.24, 2.45) is 0 Å². The predicted molar refractivity (Wildman–Crippen MR) is 70.5 cm³/mol. The van der Waals surface area contributed by atoms with Crippen molar-refractivity contribution in [1.82, 2.24) is 9.97 Å². The first-order chi connectivity index (χ1) is 8.13. The molecule has 0 aliphatic rings. The minimum Gasteiger partial charge on any atom is -0.333 e. The molecule has 2 rings (SSSR count). The summed E-state index contributed by atoms with van der Waals surface area (Å²) in [7, 11) is 0. The number of imidazole rings is 1. The number of non-ortho nitro benzene ring substituents is 1. The summed E-state index contributed by atoms with van der Waals surface area (Å²) >= 11 is 1.43. The third-order valence-electron chi connectivity index (χ3n) is 1.86. The summed E-state index contributed by atoms with van der Waals surface area (Å²) in [6.07, 6.45) is 3.11. The number of aromatic amines is 1. The zero-order valence-corrected chi connectivity index (χ0v) is 10.9. The molecule has 0 fully saturated rings. The lowest BCUT2D eigenvalue weighted by Gasteiger charge is -1.90. The molecule has 0 unspecified atom stereocenters. The second kappa shape index (κ2) is 6.24. The number of benzene rings is 1. The largest absolute Gasteiger partial charge is 0.333 e. The van der Waals surface area contributed by atoms with E-state index < -0.39 is 4.92 Å². The van der Waals surface area contributed by atoms with Crippen molar-refractivity contribution in [1.29, 1.82) is 0 Å². The number of rotatable bonds is 2. The number of nitro groups is 1. The zero-order chi connectivity index (χ0) is 12.8. The first kappa shape index (κ1) is 13.5. The lowest BCUT2D eigenvalue weighted by molar-refractivity contribution is -0.383. The summed E-state index contributed by atoms with van der Waals surface area (Å²) in [5, 5.41) is 11.3. The van der Waals surface area contributed by atoms with Crippen LogP contribution in [0.3, 0.4) is 0 Å². The number of nitro benzene ring substituents is 1. The van der Waals surface area contributed by atoms with Gasteiger partial charge < -0.3 is 4.98 Å². The molecule has 6 heteroatoms. The molecule has 1 N–H and O–H groups in total. The standard InChI is InChI=1S/C8H7N3O2S.C3H8/c1-14-8-9-5-3-2-4-6(11(12)13)7(5)10-8;1-3-2/h2-4H,1H3,(H,9,10);3H2,1-2H3. The van der Waals surface area contributed by atoms with Crippen molar-refractivity contribution < 1.29 is 4.92 Å². The molecule has 0 saturated heterocycles. The Bertz CT molecular complexity index is 510. The minimum absolute atomic E-state index is 0.0408. The highest BCUT2D eigenvalue weighted by Crippen LogP contribution is 2.25. The number of para-hydroxylation sites is 1. The van der Waals surface area contributed by atoms with E-state index in [0.29, 0.717) is 16.2 Å². The lowest BCUT2D eigenvalue weighted by Crippen LogP contribution is -1.88. The SMILES string of the molecule is CCC.CSc1nc2c([N+](=O)[O-])cccc2[nH]1. The van der Waals surface area contributed by atoms with Crippen LogP contribution in [0.15, 0.2) is 23.4 Å². The van der Waals surface area contributed by atoms with Gasteiger partial charge in [0.2, 0.25) is 0 Å². The van der Waals surface area contributed by atoms with Crippen molar-refractivity contribution in [3.05, 3.63) is 28.3 Å². The number of fused-ring (bicyclic) bond motifs is 1. The number of hydrogen-bond acceptors (Lipinski definition) is 4. The predicted octanol–water partition coefficient (Wildman–Crippen LogP) is 3.61. The summed E-state index contributed by atoms with van der Waals surface area (Å²) in [6.45, 7) is 4.25. The summed E-state index contributed by atoms with van der Waals surface area (Å²) in [6, 6.07) is 4.87. The van der Waals surface area contributed by atoms with Crippen molar-refractivity contribution in [3.8, 4) is 0 Å². The van der Waals surface area contributed by atoms with E-state index in [1.165, 1.54) is 24.2 Å². The Morgan fingerprint density at radius 2 is 2.12 bits per heavy atom. The highest BCUT2D eigenvalue weighted by atomic mass is 32.2. The number of nitrogens with zero attached hydrogens (tertiary/aromatic N) is 2. The van der Waals surface area contributed by atoms with Crippen LogP contribution in [-0.4, -0.2) is 21.1 Å². The van der Waals surface area contributed by atoms with Crippen LogP contribution in [0.25, 0.3) is 11.0 Å². The molecule has 0 saturated carbocycles. The average molecular weight is 253 g/mol. The highest BCUT2D eigenvalue weighted by molar-refractivity contribution is 7.98. The van der Waals surface area contributed by atoms with Crippen molar-refractivity contribution in [2.45, 2.75) is 25.4 Å². The first-order valence-electron chi connectivity index (χ1n) is 5.31. The maximum Gasteiger partial charge on any atom is 0.297 e. The van der Waals surface area contributed by atoms with Crippen LogP contribution in [0.1, 0.15) is 20.3 Å². The van der Waals surface area contributed by atoms with E-state index in [1.807, 2.05) is 6.26 Å². The normalized spacial score (nSPS) is 9.82. The Kier molecular flexibility index (Phi) is 4.96. The molecule has 5 nitrogen and oxygen atoms in total. The van der Waals surface area contributed by atoms with Gasteiger partial charge in [0.25, 0.3) is 5.69 Å². The lowest BCUT2D eigenvalue weighted by atomic mass is 10.3. The molecule has 1 aromatic heterocycles. The smallest absolute Gasteiger partial charge is 0.297 e. The maximum absolute atomic E-state index is 10.7. The number of thioether (sulfide) groups is 1. The molecule has 0 bridgehead atoms. The average Bonchev–Trinajstić information content (AvgIpc) is 2.72. The van der Waals surface area contributed by atoms with E-state index in [1.54, 1.807) is 12.1 Å². The van der Waals surface area contributed by atoms with E-state index in [4.69, 9.17) is 0 Å². The Balaban J connectivity index is 0.000000437. The van der Waals surface area contributed by atoms with E-state index >= 15 is 0 Å². The van der Waals surface area contributed by atoms with Crippen LogP contribution in [0.4, 0.5) is 5.69 Å². The fraction of sp³-hybridized carbons (Fsp3) is 0.364. The zero-order valence-electron chi connectivity index (χ0n) is 10.1. The summed E-state index contributed by atoms with van der Waals surface area (Å²) in [5.41, 5.74) is 1.16. The number of aromatic nitrogens is 2. The van der Waals surface area contributed by atoms with Crippen molar-refractivity contribution >= 4 is 28.5 Å². The van der Waals surface area contributed by atoms with Gasteiger partial charge >= 0.3 is 0 Å². The monoisotopic (exact) mass is 253 g/mol. The second-order valence-corrected chi connectivity index (χ2v) is 4.18. The van der Waals surface area contributed by atoms with E-state index in [2.05, 4.69) is 23.8 Å². The van der Waals surface area contributed by atoms with Gasteiger partial charge in [-0.2, -0.15) is 0 Å². The molecule has 17 heavy (non-hydrogen) atoms. The summed E-state index contributed by atoms with van der Waals surface area (Å²) in [4.78, 5) is 17.3. The fourth-order valence-corrected chi connectivity index (χ4v) is 1.63. The number of H-pyrrole nitrogens is 1. The third kappa shape index (κ3) is 3.20. The van der Waals surface area contributed by atoms with Gasteiger partial charge in [0.15, 0.2) is 10.7 Å². The molecular weight excluding hydrogens is 238 g/mol. The second-order valence-electron chi connectivity index (χ2n) is 3.38. The third-order valence-corrected chi connectivity index (χ3v) is 2.44. The van der Waals surface area contributed by atoms with Crippen LogP contribution in [0, 0.1) is 10.1 Å². The fourth-order valence-electron chi connectivity index (χ4n) is 1.24. The molecule has 2 aromatic rings. The van der Waals surface area contributed by atoms with Gasteiger partial charge in [0, 0.05) is 6.07 Å². The van der Waals surface area contributed by atoms with Crippen molar-refractivity contribution in [2.75, 3.05) is 6.26 Å². The molecule has 0 radical (unpaired) electrons. The number of hydrogen-bond donors (Lipinski definition) is 1.